The lowest BCUT2D eigenvalue weighted by Crippen LogP contribution is -2.12. The molecule has 118 valence electrons. The maximum Gasteiger partial charge on any atom is 0.236 e. The summed E-state index contributed by atoms with van der Waals surface area (Å²) < 4.78 is 19.9. The van der Waals surface area contributed by atoms with Gasteiger partial charge in [-0.25, -0.2) is 8.42 Å². The van der Waals surface area contributed by atoms with Crippen LogP contribution in [0.25, 0.3) is 0 Å². The summed E-state index contributed by atoms with van der Waals surface area (Å²) in [6.45, 7) is 5.45. The Morgan fingerprint density at radius 3 is 1.64 bits per heavy atom. The standard InChI is InChI=1S/C14H15P.C3H5ClO2S/c1-2-15(13-9-5-3-6-10-13)14-11-7-4-8-12-14;1-2-3-7(4,5)6/h3-12H,2H2,1H3;2H,1,3H2. The summed E-state index contributed by atoms with van der Waals surface area (Å²) in [6, 6.07) is 21.6. The molecule has 0 fully saturated rings. The molecule has 2 nitrogen and oxygen atoms in total. The summed E-state index contributed by atoms with van der Waals surface area (Å²) in [6.07, 6.45) is 2.45. The Balaban J connectivity index is 0.000000295. The highest BCUT2D eigenvalue weighted by molar-refractivity contribution is 8.13. The van der Waals surface area contributed by atoms with Crippen LogP contribution in [0.1, 0.15) is 6.92 Å². The SMILES string of the molecule is C=CCS(=O)(=O)Cl.CCP(c1ccccc1)c1ccccc1. The third-order valence-corrected chi connectivity index (χ3v) is 6.26. The van der Waals surface area contributed by atoms with E-state index in [0.717, 1.165) is 0 Å². The average molecular weight is 355 g/mol. The second kappa shape index (κ2) is 9.78. The average Bonchev–Trinajstić information content (AvgIpc) is 2.50. The minimum absolute atomic E-state index is 0.149. The third-order valence-electron chi connectivity index (χ3n) is 2.77. The van der Waals surface area contributed by atoms with E-state index >= 15 is 0 Å². The summed E-state index contributed by atoms with van der Waals surface area (Å²) in [4.78, 5) is 0. The molecule has 0 aliphatic carbocycles. The van der Waals surface area contributed by atoms with Crippen molar-refractivity contribution in [1.82, 2.24) is 0 Å². The molecule has 0 unspecified atom stereocenters. The molecule has 0 amide bonds. The second-order valence-electron chi connectivity index (χ2n) is 4.41. The molecule has 2 rings (SSSR count). The molecule has 0 heterocycles. The predicted molar refractivity (Wildman–Crippen MR) is 99.4 cm³/mol. The van der Waals surface area contributed by atoms with E-state index < -0.39 is 9.05 Å². The predicted octanol–water partition coefficient (Wildman–Crippen LogP) is 3.88. The first-order valence-electron chi connectivity index (χ1n) is 6.88. The Morgan fingerprint density at radius 2 is 1.41 bits per heavy atom. The first kappa shape index (κ1) is 18.9. The third kappa shape index (κ3) is 7.22. The van der Waals surface area contributed by atoms with E-state index in [2.05, 4.69) is 74.2 Å². The summed E-state index contributed by atoms with van der Waals surface area (Å²) in [5.74, 6) is -0.158. The number of hydrogen-bond acceptors (Lipinski definition) is 2. The van der Waals surface area contributed by atoms with Gasteiger partial charge in [-0.05, 0) is 24.7 Å². The van der Waals surface area contributed by atoms with Crippen molar-refractivity contribution in [2.75, 3.05) is 11.9 Å². The van der Waals surface area contributed by atoms with Gasteiger partial charge in [-0.3, -0.25) is 0 Å². The van der Waals surface area contributed by atoms with Gasteiger partial charge in [0, 0.05) is 10.7 Å². The number of halogens is 1. The van der Waals surface area contributed by atoms with Gasteiger partial charge in [-0.2, -0.15) is 0 Å². The molecule has 0 radical (unpaired) electrons. The van der Waals surface area contributed by atoms with Crippen molar-refractivity contribution in [3.8, 4) is 0 Å². The van der Waals surface area contributed by atoms with E-state index in [9.17, 15) is 8.42 Å². The van der Waals surface area contributed by atoms with Crippen LogP contribution in [-0.4, -0.2) is 20.3 Å². The van der Waals surface area contributed by atoms with Gasteiger partial charge in [0.15, 0.2) is 0 Å². The normalized spacial score (nSPS) is 10.7. The molecule has 2 aromatic rings. The van der Waals surface area contributed by atoms with Gasteiger partial charge >= 0.3 is 0 Å². The zero-order chi connectivity index (χ0) is 16.4. The Labute approximate surface area is 139 Å². The molecule has 0 atom stereocenters. The highest BCUT2D eigenvalue weighted by Gasteiger charge is 2.09. The maximum absolute atomic E-state index is 9.93. The van der Waals surface area contributed by atoms with E-state index in [0.29, 0.717) is 0 Å². The van der Waals surface area contributed by atoms with Gasteiger partial charge < -0.3 is 0 Å². The fraction of sp³-hybridized carbons (Fsp3) is 0.176. The van der Waals surface area contributed by atoms with Crippen molar-refractivity contribution in [3.63, 3.8) is 0 Å². The van der Waals surface area contributed by atoms with Gasteiger partial charge in [0.2, 0.25) is 9.05 Å². The minimum atomic E-state index is -3.32. The molecular formula is C17H20ClO2PS. The summed E-state index contributed by atoms with van der Waals surface area (Å²) in [5.41, 5.74) is 0. The molecule has 0 aliphatic rings. The van der Waals surface area contributed by atoms with Crippen molar-refractivity contribution >= 4 is 38.3 Å². The largest absolute Gasteiger partial charge is 0.236 e. The van der Waals surface area contributed by atoms with Gasteiger partial charge in [0.05, 0.1) is 5.75 Å². The van der Waals surface area contributed by atoms with Crippen LogP contribution >= 0.6 is 18.6 Å². The van der Waals surface area contributed by atoms with Crippen LogP contribution < -0.4 is 10.6 Å². The first-order chi connectivity index (χ1) is 10.5. The zero-order valence-electron chi connectivity index (χ0n) is 12.5. The van der Waals surface area contributed by atoms with Crippen LogP contribution in [0.2, 0.25) is 0 Å². The fourth-order valence-corrected chi connectivity index (χ4v) is 4.51. The number of rotatable bonds is 5. The summed E-state index contributed by atoms with van der Waals surface area (Å²) in [5, 5.41) is 2.95. The molecule has 0 saturated heterocycles. The fourth-order valence-electron chi connectivity index (χ4n) is 1.87. The Hall–Kier alpha value is -1.15. The van der Waals surface area contributed by atoms with Crippen molar-refractivity contribution in [2.24, 2.45) is 0 Å². The van der Waals surface area contributed by atoms with Crippen LogP contribution in [-0.2, 0) is 9.05 Å². The topological polar surface area (TPSA) is 34.1 Å². The number of hydrogen-bond donors (Lipinski definition) is 0. The molecule has 0 aromatic heterocycles. The first-order valence-corrected chi connectivity index (χ1v) is 10.9. The highest BCUT2D eigenvalue weighted by atomic mass is 35.7. The quantitative estimate of drug-likeness (QED) is 0.464. The molecule has 0 aliphatic heterocycles. The van der Waals surface area contributed by atoms with Crippen LogP contribution in [0.15, 0.2) is 73.3 Å². The smallest absolute Gasteiger partial charge is 0.212 e. The second-order valence-corrected chi connectivity index (χ2v) is 9.75. The van der Waals surface area contributed by atoms with Gasteiger partial charge in [-0.1, -0.05) is 73.7 Å². The van der Waals surface area contributed by atoms with Crippen LogP contribution in [0, 0.1) is 0 Å². The zero-order valence-corrected chi connectivity index (χ0v) is 15.0. The van der Waals surface area contributed by atoms with E-state index in [1.165, 1.54) is 22.8 Å². The lowest BCUT2D eigenvalue weighted by molar-refractivity contribution is 0.612. The molecule has 0 N–H and O–H groups in total. The van der Waals surface area contributed by atoms with E-state index in [1.54, 1.807) is 0 Å². The van der Waals surface area contributed by atoms with Gasteiger partial charge in [0.1, 0.15) is 0 Å². The molecule has 2 aromatic carbocycles. The molecule has 22 heavy (non-hydrogen) atoms. The van der Waals surface area contributed by atoms with Crippen LogP contribution in [0.5, 0.6) is 0 Å². The summed E-state index contributed by atoms with van der Waals surface area (Å²) >= 11 is 0. The molecule has 0 spiro atoms. The Kier molecular flexibility index (Phi) is 8.40. The molecule has 0 bridgehead atoms. The van der Waals surface area contributed by atoms with E-state index in [1.807, 2.05) is 0 Å². The molecular weight excluding hydrogens is 335 g/mol. The lowest BCUT2D eigenvalue weighted by Gasteiger charge is -2.16. The van der Waals surface area contributed by atoms with E-state index in [-0.39, 0.29) is 13.7 Å². The van der Waals surface area contributed by atoms with Gasteiger partial charge in [0.25, 0.3) is 0 Å². The number of benzene rings is 2. The van der Waals surface area contributed by atoms with Crippen LogP contribution in [0.4, 0.5) is 0 Å². The van der Waals surface area contributed by atoms with Crippen molar-refractivity contribution in [3.05, 3.63) is 73.3 Å². The van der Waals surface area contributed by atoms with Crippen molar-refractivity contribution in [2.45, 2.75) is 6.92 Å². The van der Waals surface area contributed by atoms with Crippen LogP contribution in [0.3, 0.4) is 0 Å². The minimum Gasteiger partial charge on any atom is -0.212 e. The summed E-state index contributed by atoms with van der Waals surface area (Å²) in [7, 11) is 1.27. The van der Waals surface area contributed by atoms with Crippen molar-refractivity contribution in [1.29, 1.82) is 0 Å². The molecule has 5 heteroatoms. The Bertz CT molecular complexity index is 618. The van der Waals surface area contributed by atoms with Gasteiger partial charge in [-0.15, -0.1) is 6.58 Å². The highest BCUT2D eigenvalue weighted by Crippen LogP contribution is 2.32. The maximum atomic E-state index is 9.93. The lowest BCUT2D eigenvalue weighted by atomic mass is 10.4. The monoisotopic (exact) mass is 354 g/mol. The van der Waals surface area contributed by atoms with E-state index in [4.69, 9.17) is 10.7 Å². The Morgan fingerprint density at radius 1 is 1.00 bits per heavy atom. The molecule has 0 saturated carbocycles. The van der Waals surface area contributed by atoms with Crippen molar-refractivity contribution < 1.29 is 8.42 Å².